The minimum Gasteiger partial charge on any atom is -0.387 e. The highest BCUT2D eigenvalue weighted by atomic mass is 16.3. The summed E-state index contributed by atoms with van der Waals surface area (Å²) < 4.78 is 0. The van der Waals surface area contributed by atoms with Crippen LogP contribution in [0.25, 0.3) is 0 Å². The van der Waals surface area contributed by atoms with Gasteiger partial charge in [-0.3, -0.25) is 0 Å². The molecule has 1 saturated carbocycles. The van der Waals surface area contributed by atoms with Crippen LogP contribution in [0.2, 0.25) is 0 Å². The number of aliphatic hydroxyl groups is 1. The molecule has 0 saturated heterocycles. The molecule has 1 aliphatic carbocycles. The molecule has 3 unspecified atom stereocenters. The standard InChI is InChI=1S/C19H31NO/c1-14(2)16-8-10-17(11-9-16)19(21)13-20-18-6-4-5-15(3)7-12-18/h8-11,14-15,18-21H,4-7,12-13H2,1-3H3. The van der Waals surface area contributed by atoms with Gasteiger partial charge in [0.05, 0.1) is 6.10 Å². The van der Waals surface area contributed by atoms with Crippen molar-refractivity contribution in [1.82, 2.24) is 5.32 Å². The predicted molar refractivity (Wildman–Crippen MR) is 89.5 cm³/mol. The molecular weight excluding hydrogens is 258 g/mol. The lowest BCUT2D eigenvalue weighted by Crippen LogP contribution is -2.32. The van der Waals surface area contributed by atoms with Crippen LogP contribution in [0, 0.1) is 5.92 Å². The summed E-state index contributed by atoms with van der Waals surface area (Å²) in [6, 6.07) is 8.99. The van der Waals surface area contributed by atoms with Crippen LogP contribution in [0.5, 0.6) is 0 Å². The fourth-order valence-electron chi connectivity index (χ4n) is 3.19. The van der Waals surface area contributed by atoms with E-state index in [9.17, 15) is 5.11 Å². The van der Waals surface area contributed by atoms with E-state index < -0.39 is 6.10 Å². The van der Waals surface area contributed by atoms with Crippen molar-refractivity contribution in [2.45, 2.75) is 70.9 Å². The molecule has 0 bridgehead atoms. The van der Waals surface area contributed by atoms with Gasteiger partial charge in [0.1, 0.15) is 0 Å². The van der Waals surface area contributed by atoms with E-state index in [4.69, 9.17) is 0 Å². The first-order valence-corrected chi connectivity index (χ1v) is 8.57. The zero-order valence-electron chi connectivity index (χ0n) is 13.8. The monoisotopic (exact) mass is 289 g/mol. The van der Waals surface area contributed by atoms with Gasteiger partial charge < -0.3 is 10.4 Å². The van der Waals surface area contributed by atoms with E-state index in [1.165, 1.54) is 37.7 Å². The first-order chi connectivity index (χ1) is 10.1. The number of aliphatic hydroxyl groups excluding tert-OH is 1. The summed E-state index contributed by atoms with van der Waals surface area (Å²) in [5.74, 6) is 1.41. The lowest BCUT2D eigenvalue weighted by atomic mass is 9.99. The molecular formula is C19H31NO. The fraction of sp³-hybridized carbons (Fsp3) is 0.684. The third-order valence-electron chi connectivity index (χ3n) is 4.85. The predicted octanol–water partition coefficient (Wildman–Crippen LogP) is 4.40. The van der Waals surface area contributed by atoms with Crippen molar-refractivity contribution in [1.29, 1.82) is 0 Å². The Balaban J connectivity index is 1.82. The SMILES string of the molecule is CC1CCCC(NCC(O)c2ccc(C(C)C)cc2)CC1. The van der Waals surface area contributed by atoms with Gasteiger partial charge in [-0.05, 0) is 42.2 Å². The molecule has 118 valence electrons. The van der Waals surface area contributed by atoms with Gasteiger partial charge in [0.2, 0.25) is 0 Å². The molecule has 3 atom stereocenters. The number of hydrogen-bond acceptors (Lipinski definition) is 2. The van der Waals surface area contributed by atoms with Crippen LogP contribution in [0.3, 0.4) is 0 Å². The maximum absolute atomic E-state index is 10.3. The third kappa shape index (κ3) is 5.12. The van der Waals surface area contributed by atoms with Gasteiger partial charge in [0, 0.05) is 12.6 Å². The van der Waals surface area contributed by atoms with Gasteiger partial charge in [-0.15, -0.1) is 0 Å². The van der Waals surface area contributed by atoms with Gasteiger partial charge >= 0.3 is 0 Å². The summed E-state index contributed by atoms with van der Waals surface area (Å²) in [6.07, 6.45) is 6.10. The highest BCUT2D eigenvalue weighted by Gasteiger charge is 2.17. The molecule has 1 aliphatic rings. The Morgan fingerprint density at radius 3 is 2.38 bits per heavy atom. The first-order valence-electron chi connectivity index (χ1n) is 8.57. The van der Waals surface area contributed by atoms with E-state index >= 15 is 0 Å². The fourth-order valence-corrected chi connectivity index (χ4v) is 3.19. The first kappa shape index (κ1) is 16.5. The van der Waals surface area contributed by atoms with Crippen molar-refractivity contribution in [3.8, 4) is 0 Å². The van der Waals surface area contributed by atoms with Gasteiger partial charge in [-0.25, -0.2) is 0 Å². The largest absolute Gasteiger partial charge is 0.387 e. The minimum atomic E-state index is -0.396. The van der Waals surface area contributed by atoms with Crippen molar-refractivity contribution in [2.24, 2.45) is 5.92 Å². The van der Waals surface area contributed by atoms with Crippen LogP contribution in [-0.4, -0.2) is 17.7 Å². The molecule has 21 heavy (non-hydrogen) atoms. The maximum Gasteiger partial charge on any atom is 0.0914 e. The van der Waals surface area contributed by atoms with E-state index in [-0.39, 0.29) is 0 Å². The lowest BCUT2D eigenvalue weighted by Gasteiger charge is -2.19. The lowest BCUT2D eigenvalue weighted by molar-refractivity contribution is 0.168. The Kier molecular flexibility index (Phi) is 6.25. The van der Waals surface area contributed by atoms with Crippen LogP contribution in [-0.2, 0) is 0 Å². The van der Waals surface area contributed by atoms with Gasteiger partial charge in [0.15, 0.2) is 0 Å². The van der Waals surface area contributed by atoms with Crippen LogP contribution in [0.4, 0.5) is 0 Å². The molecule has 1 aromatic carbocycles. The van der Waals surface area contributed by atoms with E-state index in [1.54, 1.807) is 0 Å². The second-order valence-electron chi connectivity index (χ2n) is 7.06. The van der Waals surface area contributed by atoms with Crippen LogP contribution in [0.15, 0.2) is 24.3 Å². The summed E-state index contributed by atoms with van der Waals surface area (Å²) in [5.41, 5.74) is 2.35. The van der Waals surface area contributed by atoms with Crippen molar-refractivity contribution >= 4 is 0 Å². The topological polar surface area (TPSA) is 32.3 Å². The van der Waals surface area contributed by atoms with Crippen molar-refractivity contribution in [3.05, 3.63) is 35.4 Å². The van der Waals surface area contributed by atoms with E-state index in [2.05, 4.69) is 50.4 Å². The maximum atomic E-state index is 10.3. The minimum absolute atomic E-state index is 0.396. The summed E-state index contributed by atoms with van der Waals surface area (Å²) in [7, 11) is 0. The summed E-state index contributed by atoms with van der Waals surface area (Å²) >= 11 is 0. The van der Waals surface area contributed by atoms with Crippen LogP contribution >= 0.6 is 0 Å². The summed E-state index contributed by atoms with van der Waals surface area (Å²) in [6.45, 7) is 7.41. The average Bonchev–Trinajstić information content (AvgIpc) is 2.69. The molecule has 0 spiro atoms. The second kappa shape index (κ2) is 7.95. The van der Waals surface area contributed by atoms with Gasteiger partial charge in [-0.2, -0.15) is 0 Å². The zero-order valence-corrected chi connectivity index (χ0v) is 13.8. The Bertz CT molecular complexity index is 412. The van der Waals surface area contributed by atoms with Crippen molar-refractivity contribution in [2.75, 3.05) is 6.54 Å². The third-order valence-corrected chi connectivity index (χ3v) is 4.85. The molecule has 0 radical (unpaired) electrons. The molecule has 2 rings (SSSR count). The molecule has 0 aromatic heterocycles. The Hall–Kier alpha value is -0.860. The van der Waals surface area contributed by atoms with Crippen molar-refractivity contribution < 1.29 is 5.11 Å². The second-order valence-corrected chi connectivity index (χ2v) is 7.06. The van der Waals surface area contributed by atoms with Crippen molar-refractivity contribution in [3.63, 3.8) is 0 Å². The van der Waals surface area contributed by atoms with Crippen LogP contribution in [0.1, 0.15) is 76.0 Å². The number of nitrogens with one attached hydrogen (secondary N) is 1. The highest BCUT2D eigenvalue weighted by Crippen LogP contribution is 2.23. The number of benzene rings is 1. The van der Waals surface area contributed by atoms with E-state index in [0.29, 0.717) is 18.5 Å². The molecule has 1 aromatic rings. The van der Waals surface area contributed by atoms with Gasteiger partial charge in [0.25, 0.3) is 0 Å². The molecule has 0 amide bonds. The molecule has 2 heteroatoms. The number of hydrogen-bond donors (Lipinski definition) is 2. The van der Waals surface area contributed by atoms with E-state index in [0.717, 1.165) is 11.5 Å². The van der Waals surface area contributed by atoms with E-state index in [1.807, 2.05) is 0 Å². The molecule has 2 nitrogen and oxygen atoms in total. The molecule has 0 heterocycles. The zero-order chi connectivity index (χ0) is 15.2. The Morgan fingerprint density at radius 2 is 1.71 bits per heavy atom. The molecule has 1 fully saturated rings. The van der Waals surface area contributed by atoms with Gasteiger partial charge in [-0.1, -0.05) is 57.9 Å². The Labute approximate surface area is 130 Å². The quantitative estimate of drug-likeness (QED) is 0.787. The smallest absolute Gasteiger partial charge is 0.0914 e. The number of rotatable bonds is 5. The van der Waals surface area contributed by atoms with Crippen LogP contribution < -0.4 is 5.32 Å². The molecule has 0 aliphatic heterocycles. The summed E-state index contributed by atoms with van der Waals surface area (Å²) in [5, 5.41) is 13.9. The average molecular weight is 289 g/mol. The Morgan fingerprint density at radius 1 is 1.05 bits per heavy atom. The summed E-state index contributed by atoms with van der Waals surface area (Å²) in [4.78, 5) is 0. The molecule has 2 N–H and O–H groups in total. The normalized spacial score (nSPS) is 24.8. The highest BCUT2D eigenvalue weighted by molar-refractivity contribution is 5.26.